The summed E-state index contributed by atoms with van der Waals surface area (Å²) in [6.45, 7) is 4.26. The quantitative estimate of drug-likeness (QED) is 0.0420. The first kappa shape index (κ1) is 66.8. The van der Waals surface area contributed by atoms with Gasteiger partial charge in [-0.3, -0.25) is 4.79 Å². The molecule has 0 rings (SSSR count). The van der Waals surface area contributed by atoms with Gasteiger partial charge >= 0.3 is 0 Å². The lowest BCUT2D eigenvalue weighted by molar-refractivity contribution is -0.123. The Labute approximate surface area is 431 Å². The normalized spacial score (nSPS) is 13.3. The van der Waals surface area contributed by atoms with Crippen molar-refractivity contribution in [1.29, 1.82) is 0 Å². The summed E-state index contributed by atoms with van der Waals surface area (Å²) in [5.41, 5.74) is 0. The fourth-order valence-corrected chi connectivity index (χ4v) is 9.37. The molecule has 0 aromatic carbocycles. The summed E-state index contributed by atoms with van der Waals surface area (Å²) < 4.78 is 0. The molecule has 0 aliphatic rings. The van der Waals surface area contributed by atoms with Crippen LogP contribution in [0.1, 0.15) is 316 Å². The number of hydrogen-bond donors (Lipinski definition) is 3. The molecule has 2 unspecified atom stereocenters. The van der Waals surface area contributed by atoms with Gasteiger partial charge in [-0.1, -0.05) is 318 Å². The Morgan fingerprint density at radius 1 is 0.362 bits per heavy atom. The SMILES string of the molecule is CC/C=C\C/C=C\C/C=C\C/C=C\C/C=C\C/C=C\CCCCCCCCCCCCCCCCCCCCCCCCC(=O)NC(CO)C(O)CCCCCCCCCCCCCCCCCC. The molecule has 69 heavy (non-hydrogen) atoms. The Kier molecular flexibility index (Phi) is 58.2. The average Bonchev–Trinajstić information content (AvgIpc) is 3.35. The summed E-state index contributed by atoms with van der Waals surface area (Å²) >= 11 is 0. The zero-order valence-corrected chi connectivity index (χ0v) is 46.3. The topological polar surface area (TPSA) is 69.6 Å². The third kappa shape index (κ3) is 56.6. The highest BCUT2D eigenvalue weighted by molar-refractivity contribution is 5.76. The van der Waals surface area contributed by atoms with Gasteiger partial charge in [-0.2, -0.15) is 0 Å². The lowest BCUT2D eigenvalue weighted by Gasteiger charge is -2.22. The maximum Gasteiger partial charge on any atom is 0.220 e. The van der Waals surface area contributed by atoms with Gasteiger partial charge in [-0.05, 0) is 64.2 Å². The maximum atomic E-state index is 12.5. The first-order valence-corrected chi connectivity index (χ1v) is 30.6. The highest BCUT2D eigenvalue weighted by Crippen LogP contribution is 2.18. The van der Waals surface area contributed by atoms with Gasteiger partial charge in [0.15, 0.2) is 0 Å². The van der Waals surface area contributed by atoms with Crippen molar-refractivity contribution in [2.45, 2.75) is 328 Å². The zero-order valence-electron chi connectivity index (χ0n) is 46.3. The molecule has 0 aliphatic heterocycles. The van der Waals surface area contributed by atoms with Crippen molar-refractivity contribution in [1.82, 2.24) is 5.32 Å². The monoisotopic (exact) mass is 962 g/mol. The van der Waals surface area contributed by atoms with E-state index in [2.05, 4.69) is 92.1 Å². The minimum atomic E-state index is -0.659. The fraction of sp³-hybridized carbons (Fsp3) is 0.800. The third-order valence-electron chi connectivity index (χ3n) is 14.0. The predicted molar refractivity (Wildman–Crippen MR) is 308 cm³/mol. The Hall–Kier alpha value is -2.17. The number of aliphatic hydroxyl groups excluding tert-OH is 2. The van der Waals surface area contributed by atoms with Crippen LogP contribution in [-0.4, -0.2) is 34.9 Å². The molecule has 0 aromatic rings. The van der Waals surface area contributed by atoms with Gasteiger partial charge in [0, 0.05) is 6.42 Å². The van der Waals surface area contributed by atoms with Crippen molar-refractivity contribution in [3.8, 4) is 0 Å². The second-order valence-electron chi connectivity index (χ2n) is 20.7. The summed E-state index contributed by atoms with van der Waals surface area (Å²) in [6.07, 6.45) is 86.3. The van der Waals surface area contributed by atoms with E-state index in [9.17, 15) is 15.0 Å². The van der Waals surface area contributed by atoms with Gasteiger partial charge in [0.2, 0.25) is 5.91 Å². The van der Waals surface area contributed by atoms with Crippen LogP contribution >= 0.6 is 0 Å². The molecule has 0 radical (unpaired) electrons. The van der Waals surface area contributed by atoms with Gasteiger partial charge in [-0.15, -0.1) is 0 Å². The molecule has 1 amide bonds. The maximum absolute atomic E-state index is 12.5. The zero-order chi connectivity index (χ0) is 49.9. The summed E-state index contributed by atoms with van der Waals surface area (Å²) in [5.74, 6) is -0.0270. The minimum absolute atomic E-state index is 0.0270. The smallest absolute Gasteiger partial charge is 0.220 e. The van der Waals surface area contributed by atoms with Crippen LogP contribution in [0.3, 0.4) is 0 Å². The molecule has 4 nitrogen and oxygen atoms in total. The Balaban J connectivity index is 3.41. The number of nitrogens with one attached hydrogen (secondary N) is 1. The molecule has 2 atom stereocenters. The van der Waals surface area contributed by atoms with E-state index in [0.29, 0.717) is 12.8 Å². The standard InChI is InChI=1S/C65H119NO3/c1-3-5-7-9-11-13-15-17-19-21-22-23-24-25-26-27-28-29-30-31-32-33-34-35-36-37-38-39-40-41-42-43-44-45-47-49-51-53-55-57-59-61-65(69)66-63(62-67)64(68)60-58-56-54-52-50-48-46-20-18-16-14-12-10-8-6-4-2/h5,7,11,13,17,19,22-23,25-26,28-29,63-64,67-68H,3-4,6,8-10,12,14-16,18,20-21,24,27,30-62H2,1-2H3,(H,66,69)/b7-5-,13-11-,19-17-,23-22-,26-25-,29-28-. The highest BCUT2D eigenvalue weighted by Gasteiger charge is 2.20. The molecule has 0 bridgehead atoms. The molecule has 0 aromatic heterocycles. The van der Waals surface area contributed by atoms with Gasteiger partial charge in [0.25, 0.3) is 0 Å². The molecular weight excluding hydrogens is 843 g/mol. The van der Waals surface area contributed by atoms with Crippen LogP contribution in [-0.2, 0) is 4.79 Å². The lowest BCUT2D eigenvalue weighted by Crippen LogP contribution is -2.45. The summed E-state index contributed by atoms with van der Waals surface area (Å²) in [4.78, 5) is 12.5. The van der Waals surface area contributed by atoms with E-state index in [1.807, 2.05) is 0 Å². The van der Waals surface area contributed by atoms with E-state index in [1.54, 1.807) is 0 Å². The van der Waals surface area contributed by atoms with E-state index >= 15 is 0 Å². The van der Waals surface area contributed by atoms with E-state index in [4.69, 9.17) is 0 Å². The van der Waals surface area contributed by atoms with Crippen molar-refractivity contribution in [2.75, 3.05) is 6.61 Å². The Bertz CT molecular complexity index is 1180. The molecule has 0 saturated heterocycles. The lowest BCUT2D eigenvalue weighted by atomic mass is 10.0. The molecular formula is C65H119NO3. The molecule has 0 spiro atoms. The van der Waals surface area contributed by atoms with Gasteiger partial charge < -0.3 is 15.5 Å². The van der Waals surface area contributed by atoms with Crippen molar-refractivity contribution in [2.24, 2.45) is 0 Å². The fourth-order valence-electron chi connectivity index (χ4n) is 9.37. The van der Waals surface area contributed by atoms with Gasteiger partial charge in [0.1, 0.15) is 0 Å². The van der Waals surface area contributed by atoms with Crippen molar-refractivity contribution in [3.05, 3.63) is 72.9 Å². The minimum Gasteiger partial charge on any atom is -0.394 e. The van der Waals surface area contributed by atoms with Crippen molar-refractivity contribution in [3.63, 3.8) is 0 Å². The highest BCUT2D eigenvalue weighted by atomic mass is 16.3. The third-order valence-corrected chi connectivity index (χ3v) is 14.0. The van der Waals surface area contributed by atoms with Gasteiger partial charge in [0.05, 0.1) is 18.8 Å². The van der Waals surface area contributed by atoms with Crippen molar-refractivity contribution < 1.29 is 15.0 Å². The van der Waals surface area contributed by atoms with Crippen molar-refractivity contribution >= 4 is 5.91 Å². The first-order chi connectivity index (χ1) is 34.2. The molecule has 402 valence electrons. The number of unbranched alkanes of at least 4 members (excludes halogenated alkanes) is 37. The molecule has 0 saturated carbocycles. The number of hydrogen-bond acceptors (Lipinski definition) is 3. The Morgan fingerprint density at radius 2 is 0.638 bits per heavy atom. The van der Waals surface area contributed by atoms with Crippen LogP contribution < -0.4 is 5.32 Å². The largest absolute Gasteiger partial charge is 0.394 e. The van der Waals surface area contributed by atoms with Crippen LogP contribution in [0.25, 0.3) is 0 Å². The number of amides is 1. The predicted octanol–water partition coefficient (Wildman–Crippen LogP) is 20.5. The van der Waals surface area contributed by atoms with Crippen LogP contribution in [0.2, 0.25) is 0 Å². The van der Waals surface area contributed by atoms with Gasteiger partial charge in [-0.25, -0.2) is 0 Å². The molecule has 3 N–H and O–H groups in total. The summed E-state index contributed by atoms with van der Waals surface area (Å²) in [5, 5.41) is 23.3. The van der Waals surface area contributed by atoms with Crippen LogP contribution in [0.15, 0.2) is 72.9 Å². The van der Waals surface area contributed by atoms with E-state index in [1.165, 1.54) is 225 Å². The Morgan fingerprint density at radius 3 is 0.957 bits per heavy atom. The van der Waals surface area contributed by atoms with E-state index in [-0.39, 0.29) is 12.5 Å². The molecule has 0 aliphatic carbocycles. The van der Waals surface area contributed by atoms with Crippen LogP contribution in [0.4, 0.5) is 0 Å². The number of carbonyl (C=O) groups excluding carboxylic acids is 1. The van der Waals surface area contributed by atoms with E-state index < -0.39 is 12.1 Å². The van der Waals surface area contributed by atoms with E-state index in [0.717, 1.165) is 64.2 Å². The summed E-state index contributed by atoms with van der Waals surface area (Å²) in [7, 11) is 0. The second-order valence-corrected chi connectivity index (χ2v) is 20.7. The molecule has 4 heteroatoms. The van der Waals surface area contributed by atoms with Crippen LogP contribution in [0, 0.1) is 0 Å². The van der Waals surface area contributed by atoms with Crippen LogP contribution in [0.5, 0.6) is 0 Å². The average molecular weight is 963 g/mol. The number of rotatable bonds is 56. The number of carbonyl (C=O) groups is 1. The second kappa shape index (κ2) is 60.1. The molecule has 0 heterocycles. The summed E-state index contributed by atoms with van der Waals surface area (Å²) in [6, 6.07) is -0.536. The molecule has 0 fully saturated rings. The number of aliphatic hydroxyl groups is 2. The number of allylic oxidation sites excluding steroid dienone is 12. The first-order valence-electron chi connectivity index (χ1n) is 30.6.